The van der Waals surface area contributed by atoms with Crippen LogP contribution in [0.5, 0.6) is 0 Å². The number of nitrogens with zero attached hydrogens (tertiary/aromatic N) is 1. The Morgan fingerprint density at radius 2 is 1.38 bits per heavy atom. The van der Waals surface area contributed by atoms with Crippen molar-refractivity contribution in [1.29, 1.82) is 0 Å². The summed E-state index contributed by atoms with van der Waals surface area (Å²) in [5, 5.41) is 3.20. The van der Waals surface area contributed by atoms with Crippen LogP contribution in [0.1, 0.15) is 44.1 Å². The molecule has 0 atom stereocenters. The molecule has 0 aliphatic heterocycles. The van der Waals surface area contributed by atoms with Crippen molar-refractivity contribution in [2.45, 2.75) is 38.5 Å². The molecular weight excluding hydrogens is 363 g/mol. The molecule has 1 aromatic rings. The molecule has 0 spiro atoms. The van der Waals surface area contributed by atoms with Crippen LogP contribution in [0.4, 0.5) is 22.0 Å². The number of ether oxygens (including phenoxy) is 1. The van der Waals surface area contributed by atoms with Crippen LogP contribution in [-0.4, -0.2) is 25.2 Å². The number of carbonyl (C=O) groups excluding carboxylic acids is 2. The molecule has 0 heterocycles. The van der Waals surface area contributed by atoms with Gasteiger partial charge < -0.3 is 4.74 Å². The number of esters is 1. The van der Waals surface area contributed by atoms with Crippen LogP contribution in [0, 0.1) is 29.1 Å². The van der Waals surface area contributed by atoms with Crippen molar-refractivity contribution in [3.05, 3.63) is 34.6 Å². The van der Waals surface area contributed by atoms with Crippen molar-refractivity contribution in [2.24, 2.45) is 5.10 Å². The van der Waals surface area contributed by atoms with Crippen molar-refractivity contribution in [2.75, 3.05) is 7.11 Å². The largest absolute Gasteiger partial charge is 0.469 e. The van der Waals surface area contributed by atoms with Crippen LogP contribution in [-0.2, 0) is 14.3 Å². The maximum absolute atomic E-state index is 13.4. The molecule has 1 rings (SSSR count). The number of hydrazone groups is 1. The number of methoxy groups -OCH3 is 1. The predicted molar refractivity (Wildman–Crippen MR) is 81.7 cm³/mol. The first-order valence-corrected chi connectivity index (χ1v) is 7.69. The third-order valence-electron chi connectivity index (χ3n) is 3.39. The Morgan fingerprint density at radius 3 is 1.92 bits per heavy atom. The number of hydrogen-bond acceptors (Lipinski definition) is 4. The molecule has 0 saturated carbocycles. The SMILES string of the molecule is COC(=O)CCCCCCC(=O)N/N=C/c1c(F)c(F)c(F)c(F)c1F. The number of halogens is 5. The number of hydrogen-bond donors (Lipinski definition) is 1. The highest BCUT2D eigenvalue weighted by molar-refractivity contribution is 5.83. The van der Waals surface area contributed by atoms with Gasteiger partial charge in [-0.05, 0) is 12.8 Å². The number of rotatable bonds is 9. The molecular formula is C16H17F5N2O3. The van der Waals surface area contributed by atoms with E-state index >= 15 is 0 Å². The zero-order valence-corrected chi connectivity index (χ0v) is 13.9. The Hall–Kier alpha value is -2.52. The average Bonchev–Trinajstić information content (AvgIpc) is 2.63. The van der Waals surface area contributed by atoms with E-state index in [1.165, 1.54) is 7.11 Å². The highest BCUT2D eigenvalue weighted by atomic mass is 19.2. The number of unbranched alkanes of at least 4 members (excludes halogenated alkanes) is 3. The average molecular weight is 380 g/mol. The molecule has 0 saturated heterocycles. The topological polar surface area (TPSA) is 67.8 Å². The lowest BCUT2D eigenvalue weighted by Gasteiger charge is -2.04. The van der Waals surface area contributed by atoms with Crippen LogP contribution >= 0.6 is 0 Å². The normalized spacial score (nSPS) is 11.0. The summed E-state index contributed by atoms with van der Waals surface area (Å²) in [5.41, 5.74) is 0.696. The molecule has 26 heavy (non-hydrogen) atoms. The van der Waals surface area contributed by atoms with E-state index in [9.17, 15) is 31.5 Å². The standard InChI is InChI=1S/C16H17F5N2O3/c1-26-11(25)7-5-3-2-4-6-10(24)23-22-8-9-12(17)14(19)16(21)15(20)13(9)18/h8H,2-7H2,1H3,(H,23,24)/b22-8+. The summed E-state index contributed by atoms with van der Waals surface area (Å²) in [6.45, 7) is 0. The van der Waals surface area contributed by atoms with E-state index in [-0.39, 0.29) is 18.8 Å². The van der Waals surface area contributed by atoms with Crippen LogP contribution < -0.4 is 5.43 Å². The third kappa shape index (κ3) is 6.08. The summed E-state index contributed by atoms with van der Waals surface area (Å²) in [7, 11) is 1.29. The Labute approximate surface area is 146 Å². The zero-order valence-electron chi connectivity index (χ0n) is 13.9. The molecule has 0 unspecified atom stereocenters. The van der Waals surface area contributed by atoms with E-state index in [0.717, 1.165) is 0 Å². The third-order valence-corrected chi connectivity index (χ3v) is 3.39. The van der Waals surface area contributed by atoms with E-state index in [1.807, 2.05) is 5.43 Å². The Bertz CT molecular complexity index is 666. The van der Waals surface area contributed by atoms with Gasteiger partial charge in [-0.25, -0.2) is 27.4 Å². The Kier molecular flexibility index (Phi) is 8.66. The second-order valence-electron chi connectivity index (χ2n) is 5.27. The first-order valence-electron chi connectivity index (χ1n) is 7.69. The van der Waals surface area contributed by atoms with Gasteiger partial charge in [-0.1, -0.05) is 12.8 Å². The highest BCUT2D eigenvalue weighted by Gasteiger charge is 2.24. The van der Waals surface area contributed by atoms with Gasteiger partial charge in [0.1, 0.15) is 0 Å². The van der Waals surface area contributed by atoms with Crippen molar-refractivity contribution >= 4 is 18.1 Å². The van der Waals surface area contributed by atoms with Gasteiger partial charge in [0.2, 0.25) is 11.7 Å². The molecule has 0 fully saturated rings. The monoisotopic (exact) mass is 380 g/mol. The Balaban J connectivity index is 2.43. The fourth-order valence-corrected chi connectivity index (χ4v) is 1.97. The van der Waals surface area contributed by atoms with Gasteiger partial charge in [0.05, 0.1) is 18.9 Å². The maximum Gasteiger partial charge on any atom is 0.305 e. The molecule has 1 amide bonds. The lowest BCUT2D eigenvalue weighted by Crippen LogP contribution is -2.17. The lowest BCUT2D eigenvalue weighted by atomic mass is 10.1. The molecule has 1 aromatic carbocycles. The smallest absolute Gasteiger partial charge is 0.305 e. The molecule has 10 heteroatoms. The van der Waals surface area contributed by atoms with E-state index in [2.05, 4.69) is 9.84 Å². The van der Waals surface area contributed by atoms with Gasteiger partial charge in [0.25, 0.3) is 0 Å². The molecule has 0 bridgehead atoms. The van der Waals surface area contributed by atoms with Gasteiger partial charge in [-0.15, -0.1) is 0 Å². The van der Waals surface area contributed by atoms with Crippen molar-refractivity contribution < 1.29 is 36.3 Å². The predicted octanol–water partition coefficient (Wildman–Crippen LogP) is 3.35. The van der Waals surface area contributed by atoms with Crippen molar-refractivity contribution in [3.63, 3.8) is 0 Å². The highest BCUT2D eigenvalue weighted by Crippen LogP contribution is 2.21. The molecule has 144 valence electrons. The summed E-state index contributed by atoms with van der Waals surface area (Å²) in [4.78, 5) is 22.4. The summed E-state index contributed by atoms with van der Waals surface area (Å²) in [6.07, 6.45) is 3.14. The Morgan fingerprint density at radius 1 is 0.885 bits per heavy atom. The summed E-state index contributed by atoms with van der Waals surface area (Å²) in [5.74, 6) is -11.4. The first kappa shape index (κ1) is 21.5. The summed E-state index contributed by atoms with van der Waals surface area (Å²) < 4.78 is 70.1. The van der Waals surface area contributed by atoms with Gasteiger partial charge in [0, 0.05) is 12.8 Å². The molecule has 0 aliphatic rings. The van der Waals surface area contributed by atoms with Gasteiger partial charge in [-0.2, -0.15) is 5.10 Å². The first-order chi connectivity index (χ1) is 12.3. The molecule has 0 aliphatic carbocycles. The fourth-order valence-electron chi connectivity index (χ4n) is 1.97. The van der Waals surface area contributed by atoms with Crippen molar-refractivity contribution in [3.8, 4) is 0 Å². The minimum Gasteiger partial charge on any atom is -0.469 e. The van der Waals surface area contributed by atoms with E-state index in [4.69, 9.17) is 0 Å². The van der Waals surface area contributed by atoms with Crippen LogP contribution in [0.15, 0.2) is 5.10 Å². The van der Waals surface area contributed by atoms with E-state index in [0.29, 0.717) is 31.9 Å². The quantitative estimate of drug-likeness (QED) is 0.136. The second kappa shape index (κ2) is 10.5. The van der Waals surface area contributed by atoms with Crippen LogP contribution in [0.2, 0.25) is 0 Å². The fraction of sp³-hybridized carbons (Fsp3) is 0.438. The summed E-state index contributed by atoms with van der Waals surface area (Å²) >= 11 is 0. The zero-order chi connectivity index (χ0) is 19.7. The van der Waals surface area contributed by atoms with Gasteiger partial charge in [0.15, 0.2) is 23.3 Å². The van der Waals surface area contributed by atoms with E-state index < -0.39 is 40.6 Å². The lowest BCUT2D eigenvalue weighted by molar-refractivity contribution is -0.140. The number of carbonyl (C=O) groups is 2. The van der Waals surface area contributed by atoms with Crippen molar-refractivity contribution in [1.82, 2.24) is 5.43 Å². The molecule has 0 aromatic heterocycles. The van der Waals surface area contributed by atoms with E-state index in [1.54, 1.807) is 0 Å². The number of benzene rings is 1. The molecule has 5 nitrogen and oxygen atoms in total. The van der Waals surface area contributed by atoms with Crippen LogP contribution in [0.3, 0.4) is 0 Å². The number of amides is 1. The van der Waals surface area contributed by atoms with Crippen LogP contribution in [0.25, 0.3) is 0 Å². The molecule has 0 radical (unpaired) electrons. The summed E-state index contributed by atoms with van der Waals surface area (Å²) in [6, 6.07) is 0. The minimum absolute atomic E-state index is 0.0483. The maximum atomic E-state index is 13.4. The van der Waals surface area contributed by atoms with Gasteiger partial charge in [-0.3, -0.25) is 9.59 Å². The van der Waals surface area contributed by atoms with Gasteiger partial charge >= 0.3 is 5.97 Å². The number of nitrogens with one attached hydrogen (secondary N) is 1. The minimum atomic E-state index is -2.27. The second-order valence-corrected chi connectivity index (χ2v) is 5.27. The molecule has 1 N–H and O–H groups in total.